The van der Waals surface area contributed by atoms with Gasteiger partial charge in [0.1, 0.15) is 0 Å². The maximum atomic E-state index is 12.2. The molecule has 1 heterocycles. The van der Waals surface area contributed by atoms with Crippen LogP contribution >= 0.6 is 15.9 Å². The molecule has 0 radical (unpaired) electrons. The Bertz CT molecular complexity index is 496. The van der Waals surface area contributed by atoms with E-state index in [1.807, 2.05) is 0 Å². The highest BCUT2D eigenvalue weighted by Gasteiger charge is 2.27. The van der Waals surface area contributed by atoms with Crippen LogP contribution in [0.4, 0.5) is 5.69 Å². The SMILES string of the molecule is Nc1ccc(S(=O)(=O)N2CCCC2)cc1Br. The van der Waals surface area contributed by atoms with Gasteiger partial charge in [0.2, 0.25) is 10.0 Å². The van der Waals surface area contributed by atoms with Crippen LogP contribution in [0, 0.1) is 0 Å². The molecule has 0 saturated carbocycles. The van der Waals surface area contributed by atoms with Gasteiger partial charge in [0, 0.05) is 23.2 Å². The largest absolute Gasteiger partial charge is 0.398 e. The Labute approximate surface area is 104 Å². The van der Waals surface area contributed by atoms with Crippen molar-refractivity contribution in [1.29, 1.82) is 0 Å². The number of benzene rings is 1. The molecule has 0 aromatic heterocycles. The third-order valence-corrected chi connectivity index (χ3v) is 5.26. The number of anilines is 1. The zero-order valence-electron chi connectivity index (χ0n) is 8.69. The van der Waals surface area contributed by atoms with Gasteiger partial charge >= 0.3 is 0 Å². The quantitative estimate of drug-likeness (QED) is 0.848. The predicted octanol–water partition coefficient (Wildman–Crippen LogP) is 1.82. The highest BCUT2D eigenvalue weighted by Crippen LogP contribution is 2.26. The summed E-state index contributed by atoms with van der Waals surface area (Å²) in [5.41, 5.74) is 6.17. The minimum absolute atomic E-state index is 0.301. The van der Waals surface area contributed by atoms with Crippen LogP contribution in [-0.4, -0.2) is 25.8 Å². The Kier molecular flexibility index (Phi) is 3.23. The first-order valence-corrected chi connectivity index (χ1v) is 7.30. The van der Waals surface area contributed by atoms with E-state index in [0.29, 0.717) is 28.1 Å². The standard InChI is InChI=1S/C10H13BrN2O2S/c11-9-7-8(3-4-10(9)12)16(14,15)13-5-1-2-6-13/h3-4,7H,1-2,5-6,12H2. The van der Waals surface area contributed by atoms with Gasteiger partial charge in [-0.25, -0.2) is 8.42 Å². The number of hydrogen-bond acceptors (Lipinski definition) is 3. The summed E-state index contributed by atoms with van der Waals surface area (Å²) in [6.07, 6.45) is 1.88. The Morgan fingerprint density at radius 1 is 1.25 bits per heavy atom. The summed E-state index contributed by atoms with van der Waals surface area (Å²) in [7, 11) is -3.33. The maximum Gasteiger partial charge on any atom is 0.243 e. The lowest BCUT2D eigenvalue weighted by Crippen LogP contribution is -2.27. The number of halogens is 1. The fraction of sp³-hybridized carbons (Fsp3) is 0.400. The molecule has 0 amide bonds. The van der Waals surface area contributed by atoms with Crippen molar-refractivity contribution in [2.75, 3.05) is 18.8 Å². The minimum atomic E-state index is -3.33. The van der Waals surface area contributed by atoms with Crippen molar-refractivity contribution in [1.82, 2.24) is 4.31 Å². The van der Waals surface area contributed by atoms with E-state index in [2.05, 4.69) is 15.9 Å². The van der Waals surface area contributed by atoms with Gasteiger partial charge in [0.15, 0.2) is 0 Å². The van der Waals surface area contributed by atoms with E-state index < -0.39 is 10.0 Å². The average molecular weight is 305 g/mol. The number of hydrogen-bond donors (Lipinski definition) is 1. The molecule has 2 rings (SSSR count). The molecule has 0 spiro atoms. The van der Waals surface area contributed by atoms with Crippen molar-refractivity contribution < 1.29 is 8.42 Å². The first-order valence-electron chi connectivity index (χ1n) is 5.07. The van der Waals surface area contributed by atoms with Gasteiger partial charge < -0.3 is 5.73 Å². The van der Waals surface area contributed by atoms with Crippen LogP contribution in [0.15, 0.2) is 27.6 Å². The highest BCUT2D eigenvalue weighted by molar-refractivity contribution is 9.10. The molecule has 2 N–H and O–H groups in total. The molecule has 1 saturated heterocycles. The van der Waals surface area contributed by atoms with E-state index >= 15 is 0 Å². The molecular weight excluding hydrogens is 292 g/mol. The van der Waals surface area contributed by atoms with Gasteiger partial charge in [-0.2, -0.15) is 4.31 Å². The minimum Gasteiger partial charge on any atom is -0.398 e. The van der Waals surface area contributed by atoms with Crippen molar-refractivity contribution in [3.05, 3.63) is 22.7 Å². The average Bonchev–Trinajstić information content (AvgIpc) is 2.75. The number of nitrogens with zero attached hydrogens (tertiary/aromatic N) is 1. The molecule has 1 aliphatic heterocycles. The molecule has 4 nitrogen and oxygen atoms in total. The fourth-order valence-electron chi connectivity index (χ4n) is 1.75. The normalized spacial score (nSPS) is 17.8. The highest BCUT2D eigenvalue weighted by atomic mass is 79.9. The summed E-state index contributed by atoms with van der Waals surface area (Å²) in [6.45, 7) is 1.23. The van der Waals surface area contributed by atoms with Crippen LogP contribution in [0.5, 0.6) is 0 Å². The zero-order valence-corrected chi connectivity index (χ0v) is 11.1. The van der Waals surface area contributed by atoms with Gasteiger partial charge in [0.05, 0.1) is 4.90 Å². The molecular formula is C10H13BrN2O2S. The lowest BCUT2D eigenvalue weighted by molar-refractivity contribution is 0.477. The first-order chi connectivity index (χ1) is 7.51. The van der Waals surface area contributed by atoms with Crippen LogP contribution < -0.4 is 5.73 Å². The Morgan fingerprint density at radius 3 is 2.44 bits per heavy atom. The molecule has 16 heavy (non-hydrogen) atoms. The molecule has 1 fully saturated rings. The molecule has 0 bridgehead atoms. The monoisotopic (exact) mass is 304 g/mol. The van der Waals surface area contributed by atoms with Gasteiger partial charge in [-0.3, -0.25) is 0 Å². The van der Waals surface area contributed by atoms with E-state index in [0.717, 1.165) is 12.8 Å². The summed E-state index contributed by atoms with van der Waals surface area (Å²) in [5, 5.41) is 0. The topological polar surface area (TPSA) is 63.4 Å². The summed E-state index contributed by atoms with van der Waals surface area (Å²) >= 11 is 3.24. The van der Waals surface area contributed by atoms with Gasteiger partial charge in [0.25, 0.3) is 0 Å². The van der Waals surface area contributed by atoms with Crippen molar-refractivity contribution in [3.8, 4) is 0 Å². The summed E-state index contributed by atoms with van der Waals surface area (Å²) in [4.78, 5) is 0.301. The van der Waals surface area contributed by atoms with Crippen LogP contribution in [0.25, 0.3) is 0 Å². The number of rotatable bonds is 2. The molecule has 1 aromatic rings. The maximum absolute atomic E-state index is 12.2. The lowest BCUT2D eigenvalue weighted by atomic mass is 10.3. The van der Waals surface area contributed by atoms with Crippen molar-refractivity contribution >= 4 is 31.6 Å². The van der Waals surface area contributed by atoms with Crippen LogP contribution in [-0.2, 0) is 10.0 Å². The van der Waals surface area contributed by atoms with Crippen molar-refractivity contribution in [3.63, 3.8) is 0 Å². The lowest BCUT2D eigenvalue weighted by Gasteiger charge is -2.15. The Hall–Kier alpha value is -0.590. The van der Waals surface area contributed by atoms with E-state index in [1.165, 1.54) is 4.31 Å². The Morgan fingerprint density at radius 2 is 1.88 bits per heavy atom. The number of sulfonamides is 1. The second kappa shape index (κ2) is 4.35. The van der Waals surface area contributed by atoms with E-state index in [1.54, 1.807) is 18.2 Å². The van der Waals surface area contributed by atoms with Crippen LogP contribution in [0.1, 0.15) is 12.8 Å². The molecule has 6 heteroatoms. The summed E-state index contributed by atoms with van der Waals surface area (Å²) in [5.74, 6) is 0. The van der Waals surface area contributed by atoms with E-state index in [4.69, 9.17) is 5.73 Å². The van der Waals surface area contributed by atoms with Crippen molar-refractivity contribution in [2.45, 2.75) is 17.7 Å². The smallest absolute Gasteiger partial charge is 0.243 e. The summed E-state index contributed by atoms with van der Waals surface area (Å²) in [6, 6.07) is 4.71. The predicted molar refractivity (Wildman–Crippen MR) is 66.5 cm³/mol. The van der Waals surface area contributed by atoms with Gasteiger partial charge in [-0.1, -0.05) is 0 Å². The number of nitrogens with two attached hydrogens (primary N) is 1. The second-order valence-electron chi connectivity index (χ2n) is 3.79. The number of nitrogen functional groups attached to an aromatic ring is 1. The van der Waals surface area contributed by atoms with E-state index in [9.17, 15) is 8.42 Å². The van der Waals surface area contributed by atoms with Gasteiger partial charge in [-0.05, 0) is 47.0 Å². The van der Waals surface area contributed by atoms with Gasteiger partial charge in [-0.15, -0.1) is 0 Å². The van der Waals surface area contributed by atoms with E-state index in [-0.39, 0.29) is 0 Å². The third-order valence-electron chi connectivity index (χ3n) is 2.67. The third kappa shape index (κ3) is 2.09. The molecule has 88 valence electrons. The first kappa shape index (κ1) is 11.9. The zero-order chi connectivity index (χ0) is 11.8. The molecule has 0 atom stereocenters. The second-order valence-corrected chi connectivity index (χ2v) is 6.59. The molecule has 1 aromatic carbocycles. The fourth-order valence-corrected chi connectivity index (χ4v) is 3.82. The molecule has 0 unspecified atom stereocenters. The van der Waals surface area contributed by atoms with Crippen LogP contribution in [0.2, 0.25) is 0 Å². The Balaban J connectivity index is 2.39. The summed E-state index contributed by atoms with van der Waals surface area (Å²) < 4.78 is 26.5. The van der Waals surface area contributed by atoms with Crippen LogP contribution in [0.3, 0.4) is 0 Å². The molecule has 0 aliphatic carbocycles. The molecule has 1 aliphatic rings. The van der Waals surface area contributed by atoms with Crippen molar-refractivity contribution in [2.24, 2.45) is 0 Å².